The molecule has 3 aliphatic rings. The number of hydrogen-bond acceptors (Lipinski definition) is 7. The van der Waals surface area contributed by atoms with Gasteiger partial charge in [-0.25, -0.2) is 13.2 Å². The molecule has 2 amide bonds. The van der Waals surface area contributed by atoms with Gasteiger partial charge >= 0.3 is 6.09 Å². The molecule has 3 fully saturated rings. The zero-order valence-corrected chi connectivity index (χ0v) is 22.9. The Morgan fingerprint density at radius 1 is 1.03 bits per heavy atom. The smallest absolute Gasteiger partial charge is 0.414 e. The highest BCUT2D eigenvalue weighted by molar-refractivity contribution is 7.93. The van der Waals surface area contributed by atoms with Gasteiger partial charge in [-0.15, -0.1) is 0 Å². The number of aryl methyl sites for hydroxylation is 2. The molecule has 0 spiro atoms. The molecule has 204 valence electrons. The predicted octanol–water partition coefficient (Wildman–Crippen LogP) is 2.78. The van der Waals surface area contributed by atoms with Gasteiger partial charge in [0.25, 0.3) is 5.91 Å². The molecule has 11 heteroatoms. The third-order valence-electron chi connectivity index (χ3n) is 7.44. The summed E-state index contributed by atoms with van der Waals surface area (Å²) in [6.45, 7) is 7.32. The molecular formula is C27H34N4O6S. The van der Waals surface area contributed by atoms with Gasteiger partial charge in [-0.3, -0.25) is 14.0 Å². The van der Waals surface area contributed by atoms with Gasteiger partial charge in [0.2, 0.25) is 10.0 Å². The van der Waals surface area contributed by atoms with E-state index in [0.29, 0.717) is 56.1 Å². The number of sulfonamides is 1. The second-order valence-corrected chi connectivity index (χ2v) is 12.1. The molecule has 3 saturated heterocycles. The van der Waals surface area contributed by atoms with Crippen molar-refractivity contribution in [1.82, 2.24) is 4.90 Å². The number of carbonyl (C=O) groups excluding carboxylic acids is 2. The first-order valence-electron chi connectivity index (χ1n) is 12.9. The van der Waals surface area contributed by atoms with Gasteiger partial charge in [0.05, 0.1) is 29.7 Å². The van der Waals surface area contributed by atoms with Crippen LogP contribution in [0.2, 0.25) is 0 Å². The van der Waals surface area contributed by atoms with E-state index in [0.717, 1.165) is 0 Å². The Kier molecular flexibility index (Phi) is 7.23. The van der Waals surface area contributed by atoms with Gasteiger partial charge in [0.1, 0.15) is 6.61 Å². The van der Waals surface area contributed by atoms with E-state index in [1.54, 1.807) is 30.2 Å². The Bertz CT molecular complexity index is 1340. The van der Waals surface area contributed by atoms with Crippen LogP contribution in [0.4, 0.5) is 21.9 Å². The largest absolute Gasteiger partial charge is 0.447 e. The van der Waals surface area contributed by atoms with E-state index in [1.807, 2.05) is 0 Å². The molecule has 38 heavy (non-hydrogen) atoms. The fourth-order valence-corrected chi connectivity index (χ4v) is 7.11. The highest BCUT2D eigenvalue weighted by Crippen LogP contribution is 2.35. The molecule has 3 aliphatic heterocycles. The zero-order valence-electron chi connectivity index (χ0n) is 22.1. The maximum atomic E-state index is 13.8. The molecule has 10 nitrogen and oxygen atoms in total. The average molecular weight is 543 g/mol. The van der Waals surface area contributed by atoms with Crippen LogP contribution in [-0.4, -0.2) is 90.2 Å². The van der Waals surface area contributed by atoms with Gasteiger partial charge in [-0.1, -0.05) is 17.7 Å². The summed E-state index contributed by atoms with van der Waals surface area (Å²) in [5.74, 6) is -0.191. The number of anilines is 3. The number of rotatable bonds is 6. The quantitative estimate of drug-likeness (QED) is 0.554. The van der Waals surface area contributed by atoms with Crippen LogP contribution in [0.25, 0.3) is 0 Å². The molecule has 0 saturated carbocycles. The number of piperazine rings is 1. The van der Waals surface area contributed by atoms with Crippen LogP contribution in [0.3, 0.4) is 0 Å². The zero-order chi connectivity index (χ0) is 27.0. The topological polar surface area (TPSA) is 99.7 Å². The van der Waals surface area contributed by atoms with Crippen LogP contribution in [0.1, 0.15) is 27.9 Å². The summed E-state index contributed by atoms with van der Waals surface area (Å²) in [6, 6.07) is 11.0. The predicted molar refractivity (Wildman–Crippen MR) is 146 cm³/mol. The van der Waals surface area contributed by atoms with E-state index >= 15 is 0 Å². The monoisotopic (exact) mass is 542 g/mol. The van der Waals surface area contributed by atoms with E-state index in [4.69, 9.17) is 9.47 Å². The lowest BCUT2D eigenvalue weighted by molar-refractivity contribution is 0.0747. The summed E-state index contributed by atoms with van der Waals surface area (Å²) < 4.78 is 37.6. The Morgan fingerprint density at radius 3 is 2.45 bits per heavy atom. The summed E-state index contributed by atoms with van der Waals surface area (Å²) in [7, 11) is -2.02. The van der Waals surface area contributed by atoms with Gasteiger partial charge in [0.15, 0.2) is 0 Å². The van der Waals surface area contributed by atoms with Crippen molar-refractivity contribution in [2.24, 2.45) is 0 Å². The molecule has 1 unspecified atom stereocenters. The lowest BCUT2D eigenvalue weighted by Gasteiger charge is -2.37. The van der Waals surface area contributed by atoms with Crippen LogP contribution in [0.5, 0.6) is 0 Å². The van der Waals surface area contributed by atoms with Crippen molar-refractivity contribution in [1.29, 1.82) is 0 Å². The Hall–Kier alpha value is -3.31. The number of amides is 2. The summed E-state index contributed by atoms with van der Waals surface area (Å²) >= 11 is 0. The van der Waals surface area contributed by atoms with E-state index in [9.17, 15) is 18.0 Å². The first-order chi connectivity index (χ1) is 18.2. The summed E-state index contributed by atoms with van der Waals surface area (Å²) in [6.07, 6.45) is -0.0452. The van der Waals surface area contributed by atoms with Crippen LogP contribution >= 0.6 is 0 Å². The van der Waals surface area contributed by atoms with Crippen LogP contribution in [0.15, 0.2) is 36.4 Å². The minimum atomic E-state index is -3.56. The second-order valence-electron chi connectivity index (χ2n) is 10.1. The van der Waals surface area contributed by atoms with Gasteiger partial charge in [-0.2, -0.15) is 0 Å². The first kappa shape index (κ1) is 26.3. The normalized spacial score (nSPS) is 21.2. The molecule has 5 rings (SSSR count). The number of carbonyl (C=O) groups is 2. The van der Waals surface area contributed by atoms with E-state index < -0.39 is 16.1 Å². The van der Waals surface area contributed by atoms with E-state index in [2.05, 4.69) is 36.9 Å². The maximum absolute atomic E-state index is 13.8. The summed E-state index contributed by atoms with van der Waals surface area (Å²) in [5, 5.41) is 0. The SMILES string of the molecule is COCC1COC(=O)N1c1ccc(C(=O)N2CCN(c3ccc(C)cc3C)CC2)c(N2CCCS2(=O)=O)c1. The Balaban J connectivity index is 1.42. The minimum absolute atomic E-state index is 0.0253. The summed E-state index contributed by atoms with van der Waals surface area (Å²) in [4.78, 5) is 31.8. The van der Waals surface area contributed by atoms with Gasteiger partial charge in [-0.05, 0) is 50.1 Å². The van der Waals surface area contributed by atoms with Gasteiger partial charge in [0, 0.05) is 51.2 Å². The van der Waals surface area contributed by atoms with Crippen molar-refractivity contribution in [3.8, 4) is 0 Å². The second kappa shape index (κ2) is 10.5. The Labute approximate surface area is 223 Å². The number of nitrogens with zero attached hydrogens (tertiary/aromatic N) is 4. The molecule has 0 aliphatic carbocycles. The van der Waals surface area contributed by atoms with Crippen molar-refractivity contribution < 1.29 is 27.5 Å². The number of methoxy groups -OCH3 is 1. The van der Waals surface area contributed by atoms with E-state index in [-0.39, 0.29) is 30.9 Å². The van der Waals surface area contributed by atoms with E-state index in [1.165, 1.54) is 26.0 Å². The molecule has 2 aromatic carbocycles. The molecule has 1 atom stereocenters. The van der Waals surface area contributed by atoms with Crippen molar-refractivity contribution in [3.63, 3.8) is 0 Å². The maximum Gasteiger partial charge on any atom is 0.414 e. The molecule has 0 aromatic heterocycles. The molecule has 0 bridgehead atoms. The summed E-state index contributed by atoms with van der Waals surface area (Å²) in [5.41, 5.74) is 4.67. The van der Waals surface area contributed by atoms with Crippen LogP contribution < -0.4 is 14.1 Å². The fourth-order valence-electron chi connectivity index (χ4n) is 5.54. The minimum Gasteiger partial charge on any atom is -0.447 e. The third-order valence-corrected chi connectivity index (χ3v) is 9.29. The molecular weight excluding hydrogens is 508 g/mol. The third kappa shape index (κ3) is 4.92. The molecule has 2 aromatic rings. The van der Waals surface area contributed by atoms with Crippen LogP contribution in [0, 0.1) is 13.8 Å². The number of ether oxygens (including phenoxy) is 2. The first-order valence-corrected chi connectivity index (χ1v) is 14.5. The highest BCUT2D eigenvalue weighted by Gasteiger charge is 2.37. The van der Waals surface area contributed by atoms with Crippen molar-refractivity contribution >= 4 is 39.1 Å². The standard InChI is InChI=1S/C27H34N4O6S/c1-19-5-8-24(20(2)15-19)28-10-12-29(13-11-28)26(32)23-7-6-21(31-22(17-36-3)18-37-27(31)33)16-25(23)30-9-4-14-38(30,34)35/h5-8,15-16,22H,4,9-14,17-18H2,1-3H3. The highest BCUT2D eigenvalue weighted by atomic mass is 32.2. The van der Waals surface area contributed by atoms with Crippen molar-refractivity contribution in [2.45, 2.75) is 26.3 Å². The molecule has 0 N–H and O–H groups in total. The van der Waals surface area contributed by atoms with Gasteiger partial charge < -0.3 is 19.3 Å². The number of benzene rings is 2. The van der Waals surface area contributed by atoms with Crippen molar-refractivity contribution in [2.75, 3.05) is 72.9 Å². The lowest BCUT2D eigenvalue weighted by Crippen LogP contribution is -2.49. The fraction of sp³-hybridized carbons (Fsp3) is 0.481. The number of hydrogen-bond donors (Lipinski definition) is 0. The average Bonchev–Trinajstić information content (AvgIpc) is 3.44. The molecule has 0 radical (unpaired) electrons. The molecule has 3 heterocycles. The lowest BCUT2D eigenvalue weighted by atomic mass is 10.1. The number of cyclic esters (lactones) is 1. The van der Waals surface area contributed by atoms with Crippen molar-refractivity contribution in [3.05, 3.63) is 53.1 Å². The Morgan fingerprint density at radius 2 is 1.79 bits per heavy atom. The van der Waals surface area contributed by atoms with Crippen LogP contribution in [-0.2, 0) is 19.5 Å².